The van der Waals surface area contributed by atoms with E-state index in [2.05, 4.69) is 4.67 Å². The highest BCUT2D eigenvalue weighted by Gasteiger charge is 2.26. The molecule has 0 radical (unpaired) electrons. The van der Waals surface area contributed by atoms with Crippen molar-refractivity contribution in [1.82, 2.24) is 0 Å². The van der Waals surface area contributed by atoms with Gasteiger partial charge in [-0.15, -0.1) is 0 Å². The normalized spacial score (nSPS) is 14.0. The number of aliphatic hydroxyl groups excluding tert-OH is 1. The maximum atomic E-state index is 11.2. The molecule has 0 amide bonds. The molecule has 0 saturated heterocycles. The van der Waals surface area contributed by atoms with Gasteiger partial charge in [0.05, 0.1) is 0 Å². The zero-order chi connectivity index (χ0) is 23.2. The Morgan fingerprint density at radius 3 is 2.29 bits per heavy atom. The molecule has 0 aromatic heterocycles. The Bertz CT molecular complexity index is 987. The average Bonchev–Trinajstić information content (AvgIpc) is 2.73. The van der Waals surface area contributed by atoms with Crippen LogP contribution in [-0.4, -0.2) is 37.5 Å². The van der Waals surface area contributed by atoms with Crippen molar-refractivity contribution in [2.24, 2.45) is 0 Å². The highest BCUT2D eigenvalue weighted by atomic mass is 31.1. The summed E-state index contributed by atoms with van der Waals surface area (Å²) in [5.41, 5.74) is 2.25. The van der Waals surface area contributed by atoms with Gasteiger partial charge in [-0.05, 0) is 69.0 Å². The lowest BCUT2D eigenvalue weighted by Gasteiger charge is -2.27. The van der Waals surface area contributed by atoms with Crippen LogP contribution in [0.1, 0.15) is 42.5 Å². The van der Waals surface area contributed by atoms with Crippen LogP contribution in [0.15, 0.2) is 42.5 Å². The van der Waals surface area contributed by atoms with Gasteiger partial charge in [0.1, 0.15) is 11.5 Å². The molecule has 5 N–H and O–H groups in total. The summed E-state index contributed by atoms with van der Waals surface area (Å²) in [6.45, 7) is 3.94. The number of benzene rings is 2. The van der Waals surface area contributed by atoms with Gasteiger partial charge in [0.15, 0.2) is 6.16 Å². The molecule has 3 unspecified atom stereocenters. The van der Waals surface area contributed by atoms with Gasteiger partial charge in [-0.2, -0.15) is 4.89 Å². The first kappa shape index (κ1) is 25.1. The van der Waals surface area contributed by atoms with Gasteiger partial charge in [0.25, 0.3) is 0 Å². The van der Waals surface area contributed by atoms with Crippen LogP contribution in [0.2, 0.25) is 0 Å². The number of aliphatic hydroxyl groups is 1. The van der Waals surface area contributed by atoms with Crippen LogP contribution in [0.25, 0.3) is 6.08 Å². The van der Waals surface area contributed by atoms with E-state index in [1.165, 1.54) is 12.1 Å². The number of aryl methyl sites for hydroxylation is 1. The van der Waals surface area contributed by atoms with Crippen molar-refractivity contribution in [3.8, 4) is 11.5 Å². The second-order valence-corrected chi connectivity index (χ2v) is 9.97. The van der Waals surface area contributed by atoms with Gasteiger partial charge in [0, 0.05) is 15.7 Å². The molecule has 2 aromatic carbocycles. The smallest absolute Gasteiger partial charge is 0.508 e. The molecule has 0 aliphatic heterocycles. The first-order valence-electron chi connectivity index (χ1n) is 9.50. The second-order valence-electron chi connectivity index (χ2n) is 7.56. The van der Waals surface area contributed by atoms with Crippen molar-refractivity contribution in [2.75, 3.05) is 6.16 Å². The molecule has 8 nitrogen and oxygen atoms in total. The summed E-state index contributed by atoms with van der Waals surface area (Å²) < 4.78 is 26.0. The van der Waals surface area contributed by atoms with Gasteiger partial charge in [-0.25, -0.2) is 5.26 Å². The van der Waals surface area contributed by atoms with Crippen molar-refractivity contribution in [3.63, 3.8) is 0 Å². The third kappa shape index (κ3) is 6.65. The lowest BCUT2D eigenvalue weighted by atomic mass is 9.77. The largest absolute Gasteiger partial charge is 0.542 e. The number of rotatable bonds is 10. The summed E-state index contributed by atoms with van der Waals surface area (Å²) in [5, 5.41) is 38.2. The quantitative estimate of drug-likeness (QED) is 0.192. The van der Waals surface area contributed by atoms with Crippen LogP contribution < -0.4 is 0 Å². The van der Waals surface area contributed by atoms with E-state index >= 15 is 0 Å². The Morgan fingerprint density at radius 2 is 1.68 bits per heavy atom. The fraction of sp³-hybridized carbons (Fsp3) is 0.333. The predicted molar refractivity (Wildman–Crippen MR) is 118 cm³/mol. The molecule has 0 aliphatic rings. The fourth-order valence-electron chi connectivity index (χ4n) is 3.12. The van der Waals surface area contributed by atoms with Crippen LogP contribution in [0, 0.1) is 0 Å². The molecule has 2 rings (SSSR count). The van der Waals surface area contributed by atoms with Crippen molar-refractivity contribution >= 4 is 22.1 Å². The summed E-state index contributed by atoms with van der Waals surface area (Å²) in [4.78, 5) is 8.94. The van der Waals surface area contributed by atoms with E-state index in [0.717, 1.165) is 17.2 Å². The Kier molecular flexibility index (Phi) is 8.83. The zero-order valence-corrected chi connectivity index (χ0v) is 19.0. The van der Waals surface area contributed by atoms with E-state index < -0.39 is 27.3 Å². The molecule has 3 atom stereocenters. The summed E-state index contributed by atoms with van der Waals surface area (Å²) in [7, 11) is -4.91. The van der Waals surface area contributed by atoms with E-state index in [0.29, 0.717) is 24.0 Å². The lowest BCUT2D eigenvalue weighted by Crippen LogP contribution is -2.19. The van der Waals surface area contributed by atoms with Crippen molar-refractivity contribution < 1.29 is 39.3 Å². The van der Waals surface area contributed by atoms with E-state index in [1.807, 2.05) is 19.9 Å². The minimum Gasteiger partial charge on any atom is -0.508 e. The predicted octanol–water partition coefficient (Wildman–Crippen LogP) is 4.65. The molecule has 0 heterocycles. The minimum absolute atomic E-state index is 0.0391. The molecule has 0 saturated carbocycles. The zero-order valence-electron chi connectivity index (χ0n) is 17.2. The first-order chi connectivity index (χ1) is 14.6. The van der Waals surface area contributed by atoms with Gasteiger partial charge in [0.2, 0.25) is 0 Å². The molecular weight excluding hydrogens is 442 g/mol. The maximum absolute atomic E-state index is 11.2. The number of aromatic hydroxyl groups is 2. The summed E-state index contributed by atoms with van der Waals surface area (Å²) in [6, 6.07) is 10.2. The number of phenols is 2. The lowest BCUT2D eigenvalue weighted by molar-refractivity contribution is -0.130. The minimum atomic E-state index is -2.78. The Balaban J connectivity index is 2.32. The van der Waals surface area contributed by atoms with Crippen molar-refractivity contribution in [2.45, 2.75) is 37.9 Å². The van der Waals surface area contributed by atoms with Crippen LogP contribution in [0.5, 0.6) is 11.5 Å². The molecule has 2 aromatic rings. The maximum Gasteiger partial charge on any atom is 0.542 e. The van der Waals surface area contributed by atoms with Crippen molar-refractivity contribution in [1.29, 1.82) is 0 Å². The third-order valence-corrected chi connectivity index (χ3v) is 6.59. The van der Waals surface area contributed by atoms with E-state index in [9.17, 15) is 24.4 Å². The second kappa shape index (κ2) is 10.9. The highest BCUT2D eigenvalue weighted by molar-refractivity contribution is 7.39. The van der Waals surface area contributed by atoms with E-state index in [1.54, 1.807) is 24.3 Å². The topological polar surface area (TPSA) is 145 Å². The first-order valence-corrected chi connectivity index (χ1v) is 12.1. The standard InChI is InChI=1S/C21H24O8P2/c1-21(2,16-6-8-18(22)14(12-16)4-3-11-30(26)29-25)17-7-9-19(23)15(13-17)5-10-20(24)31(27)28/h5-10,12-13,20,24H,3-4,11H2,1-2H3,(H2-2,22,23,25,27,28)/p+2/b10-5-. The third-order valence-electron chi connectivity index (χ3n) is 5.10. The molecule has 0 bridgehead atoms. The molecule has 0 spiro atoms. The Morgan fingerprint density at radius 1 is 1.06 bits per heavy atom. The molecule has 31 heavy (non-hydrogen) atoms. The van der Waals surface area contributed by atoms with Crippen LogP contribution in [-0.2, 0) is 25.6 Å². The van der Waals surface area contributed by atoms with Crippen molar-refractivity contribution in [3.05, 3.63) is 64.7 Å². The van der Waals surface area contributed by atoms with Gasteiger partial charge < -0.3 is 15.3 Å². The van der Waals surface area contributed by atoms with Crippen LogP contribution >= 0.6 is 16.1 Å². The molecule has 0 aliphatic carbocycles. The SMILES string of the molecule is CC(C)(c1ccc(O)c(/C=C\C(O)[P+](=O)O)c1)c1ccc(O)c(CCC[P+](=O)OO)c1. The Labute approximate surface area is 182 Å². The van der Waals surface area contributed by atoms with Gasteiger partial charge in [-0.3, -0.25) is 0 Å². The average molecular weight is 468 g/mol. The number of hydrogen-bond acceptors (Lipinski definition) is 7. The summed E-state index contributed by atoms with van der Waals surface area (Å²) in [6.07, 6.45) is 3.59. The Hall–Kier alpha value is -2.18. The monoisotopic (exact) mass is 468 g/mol. The molecular formula is C21H26O8P2+2. The number of phenolic OH excluding ortho intramolecular Hbond substituents is 2. The van der Waals surface area contributed by atoms with Gasteiger partial charge >= 0.3 is 21.9 Å². The highest BCUT2D eigenvalue weighted by Crippen LogP contribution is 2.37. The molecule has 166 valence electrons. The molecule has 10 heteroatoms. The van der Waals surface area contributed by atoms with E-state index in [4.69, 9.17) is 10.2 Å². The number of hydrogen-bond donors (Lipinski definition) is 5. The van der Waals surface area contributed by atoms with E-state index in [-0.39, 0.29) is 17.7 Å². The molecule has 0 fully saturated rings. The fourth-order valence-corrected chi connectivity index (χ4v) is 3.85. The van der Waals surface area contributed by atoms with Crippen LogP contribution in [0.4, 0.5) is 0 Å². The van der Waals surface area contributed by atoms with Gasteiger partial charge in [-0.1, -0.05) is 32.0 Å². The summed E-state index contributed by atoms with van der Waals surface area (Å²) in [5.74, 6) is -1.46. The summed E-state index contributed by atoms with van der Waals surface area (Å²) >= 11 is 0. The van der Waals surface area contributed by atoms with Crippen LogP contribution in [0.3, 0.4) is 0 Å².